The highest BCUT2D eigenvalue weighted by Crippen LogP contribution is 2.34. The van der Waals surface area contributed by atoms with Crippen LogP contribution in [0, 0.1) is 0 Å². The summed E-state index contributed by atoms with van der Waals surface area (Å²) in [7, 11) is 0. The molecule has 0 unspecified atom stereocenters. The number of hydrogen-bond acceptors (Lipinski definition) is 3. The van der Waals surface area contributed by atoms with Gasteiger partial charge in [0.1, 0.15) is 5.75 Å². The third-order valence-corrected chi connectivity index (χ3v) is 4.47. The Labute approximate surface area is 147 Å². The second-order valence-corrected chi connectivity index (χ2v) is 6.16. The lowest BCUT2D eigenvalue weighted by Gasteiger charge is -2.13. The molecule has 0 atom stereocenters. The number of aryl methyl sites for hydroxylation is 1. The van der Waals surface area contributed by atoms with Crippen molar-refractivity contribution in [2.24, 2.45) is 0 Å². The number of Topliss-reactive ketones (excluding diaryl/α,β-unsaturated/α-hetero) is 1. The van der Waals surface area contributed by atoms with Crippen LogP contribution in [0.5, 0.6) is 5.75 Å². The third kappa shape index (κ3) is 2.84. The van der Waals surface area contributed by atoms with Crippen LogP contribution in [0.3, 0.4) is 0 Å². The molecule has 1 aliphatic carbocycles. The molecular weight excluding hydrogens is 312 g/mol. The number of ether oxygens (including phenoxy) is 1. The summed E-state index contributed by atoms with van der Waals surface area (Å²) < 4.78 is 7.55. The van der Waals surface area contributed by atoms with Crippen molar-refractivity contribution in [3.05, 3.63) is 65.9 Å². The number of nitrogens with zero attached hydrogens (tertiary/aromatic N) is 2. The average Bonchev–Trinajstić information content (AvgIpc) is 3.04. The Morgan fingerprint density at radius 3 is 2.72 bits per heavy atom. The fraction of sp³-hybridized carbons (Fsp3) is 0.238. The van der Waals surface area contributed by atoms with Crippen molar-refractivity contribution in [3.8, 4) is 22.7 Å². The first-order valence-electron chi connectivity index (χ1n) is 8.71. The van der Waals surface area contributed by atoms with Crippen LogP contribution in [0.1, 0.15) is 35.8 Å². The van der Waals surface area contributed by atoms with Crippen molar-refractivity contribution in [1.29, 1.82) is 0 Å². The van der Waals surface area contributed by atoms with Crippen LogP contribution in [0.4, 0.5) is 0 Å². The van der Waals surface area contributed by atoms with Gasteiger partial charge in [-0.1, -0.05) is 30.3 Å². The molecule has 0 fully saturated rings. The van der Waals surface area contributed by atoms with Crippen molar-refractivity contribution in [1.82, 2.24) is 9.78 Å². The van der Waals surface area contributed by atoms with Crippen LogP contribution in [-0.2, 0) is 6.42 Å². The minimum absolute atomic E-state index is 0.181. The number of para-hydroxylation sites is 1. The maximum absolute atomic E-state index is 12.7. The molecule has 4 heteroatoms. The van der Waals surface area contributed by atoms with Gasteiger partial charge in [-0.3, -0.25) is 4.79 Å². The summed E-state index contributed by atoms with van der Waals surface area (Å²) >= 11 is 0. The van der Waals surface area contributed by atoms with Gasteiger partial charge in [-0.15, -0.1) is 0 Å². The summed E-state index contributed by atoms with van der Waals surface area (Å²) in [5.41, 5.74) is 4.45. The second-order valence-electron chi connectivity index (χ2n) is 6.16. The van der Waals surface area contributed by atoms with E-state index in [1.807, 2.05) is 66.2 Å². The average molecular weight is 332 g/mol. The topological polar surface area (TPSA) is 44.1 Å². The fourth-order valence-electron chi connectivity index (χ4n) is 3.40. The van der Waals surface area contributed by atoms with Gasteiger partial charge in [0, 0.05) is 12.0 Å². The summed E-state index contributed by atoms with van der Waals surface area (Å²) in [4.78, 5) is 12.7. The Kier molecular flexibility index (Phi) is 4.10. The Hall–Kier alpha value is -2.88. The molecule has 0 saturated heterocycles. The molecule has 0 saturated carbocycles. The number of fused-ring (bicyclic) bond motifs is 1. The summed E-state index contributed by atoms with van der Waals surface area (Å²) in [5, 5.41) is 4.78. The highest BCUT2D eigenvalue weighted by molar-refractivity contribution is 6.03. The van der Waals surface area contributed by atoms with E-state index >= 15 is 0 Å². The van der Waals surface area contributed by atoms with Crippen molar-refractivity contribution in [2.45, 2.75) is 26.2 Å². The quantitative estimate of drug-likeness (QED) is 0.708. The molecule has 0 radical (unpaired) electrons. The lowest BCUT2D eigenvalue weighted by molar-refractivity contribution is 0.0973. The van der Waals surface area contributed by atoms with Crippen molar-refractivity contribution in [3.63, 3.8) is 0 Å². The number of ketones is 1. The minimum Gasteiger partial charge on any atom is -0.494 e. The van der Waals surface area contributed by atoms with Gasteiger partial charge in [0.05, 0.1) is 29.2 Å². The van der Waals surface area contributed by atoms with E-state index in [0.717, 1.165) is 46.8 Å². The van der Waals surface area contributed by atoms with Gasteiger partial charge < -0.3 is 4.74 Å². The van der Waals surface area contributed by atoms with Gasteiger partial charge in [-0.25, -0.2) is 4.68 Å². The number of carbonyl (C=O) groups excluding carboxylic acids is 1. The Morgan fingerprint density at radius 2 is 1.92 bits per heavy atom. The molecular formula is C21H20N2O2. The van der Waals surface area contributed by atoms with Gasteiger partial charge >= 0.3 is 0 Å². The van der Waals surface area contributed by atoms with Crippen molar-refractivity contribution < 1.29 is 9.53 Å². The standard InChI is InChI=1S/C21H20N2O2/c1-2-25-17-11-6-8-15(14-17)21-20-18(12-7-13-19(20)24)22-23(21)16-9-4-3-5-10-16/h3-6,8-11,14H,2,7,12-13H2,1H3. The number of hydrogen-bond donors (Lipinski definition) is 0. The molecule has 25 heavy (non-hydrogen) atoms. The highest BCUT2D eigenvalue weighted by atomic mass is 16.5. The number of carbonyl (C=O) groups is 1. The van der Waals surface area contributed by atoms with E-state index in [4.69, 9.17) is 9.84 Å². The molecule has 1 aliphatic rings. The lowest BCUT2D eigenvalue weighted by Crippen LogP contribution is -2.10. The normalized spacial score (nSPS) is 13.6. The fourth-order valence-corrected chi connectivity index (χ4v) is 3.40. The van der Waals surface area contributed by atoms with E-state index in [9.17, 15) is 4.79 Å². The molecule has 4 rings (SSSR count). The van der Waals surface area contributed by atoms with E-state index in [1.54, 1.807) is 0 Å². The summed E-state index contributed by atoms with van der Waals surface area (Å²) in [6, 6.07) is 17.9. The Morgan fingerprint density at radius 1 is 1.08 bits per heavy atom. The maximum atomic E-state index is 12.7. The van der Waals surface area contributed by atoms with E-state index in [1.165, 1.54) is 0 Å². The largest absolute Gasteiger partial charge is 0.494 e. The minimum atomic E-state index is 0.181. The molecule has 0 N–H and O–H groups in total. The molecule has 126 valence electrons. The number of aromatic nitrogens is 2. The highest BCUT2D eigenvalue weighted by Gasteiger charge is 2.28. The van der Waals surface area contributed by atoms with Gasteiger partial charge in [-0.2, -0.15) is 5.10 Å². The Bertz CT molecular complexity index is 913. The van der Waals surface area contributed by atoms with E-state index in [-0.39, 0.29) is 5.78 Å². The van der Waals surface area contributed by atoms with Crippen molar-refractivity contribution >= 4 is 5.78 Å². The first-order valence-corrected chi connectivity index (χ1v) is 8.71. The van der Waals surface area contributed by atoms with Crippen LogP contribution in [0.25, 0.3) is 16.9 Å². The van der Waals surface area contributed by atoms with Crippen LogP contribution in [0.2, 0.25) is 0 Å². The predicted octanol–water partition coefficient (Wildman–Crippen LogP) is 4.46. The third-order valence-electron chi connectivity index (χ3n) is 4.47. The summed E-state index contributed by atoms with van der Waals surface area (Å²) in [5.74, 6) is 0.984. The lowest BCUT2D eigenvalue weighted by atomic mass is 9.92. The molecule has 0 aliphatic heterocycles. The molecule has 0 amide bonds. The summed E-state index contributed by atoms with van der Waals surface area (Å²) in [6.07, 6.45) is 2.31. The smallest absolute Gasteiger partial charge is 0.166 e. The predicted molar refractivity (Wildman–Crippen MR) is 97.4 cm³/mol. The molecule has 0 bridgehead atoms. The zero-order valence-corrected chi connectivity index (χ0v) is 14.2. The van der Waals surface area contributed by atoms with Gasteiger partial charge in [0.15, 0.2) is 5.78 Å². The van der Waals surface area contributed by atoms with E-state index in [0.29, 0.717) is 13.0 Å². The van der Waals surface area contributed by atoms with Crippen LogP contribution in [-0.4, -0.2) is 22.2 Å². The first kappa shape index (κ1) is 15.6. The second kappa shape index (κ2) is 6.55. The monoisotopic (exact) mass is 332 g/mol. The van der Waals surface area contributed by atoms with Crippen LogP contribution >= 0.6 is 0 Å². The van der Waals surface area contributed by atoms with Gasteiger partial charge in [-0.05, 0) is 44.0 Å². The molecule has 4 nitrogen and oxygen atoms in total. The number of benzene rings is 2. The van der Waals surface area contributed by atoms with Gasteiger partial charge in [0.2, 0.25) is 0 Å². The summed E-state index contributed by atoms with van der Waals surface area (Å²) in [6.45, 7) is 2.57. The zero-order valence-electron chi connectivity index (χ0n) is 14.2. The SMILES string of the molecule is CCOc1cccc(-c2c3c(nn2-c2ccccc2)CCCC3=O)c1. The molecule has 3 aromatic rings. The molecule has 1 aromatic heterocycles. The van der Waals surface area contributed by atoms with Crippen LogP contribution < -0.4 is 4.74 Å². The first-order chi connectivity index (χ1) is 12.3. The zero-order chi connectivity index (χ0) is 17.2. The van der Waals surface area contributed by atoms with E-state index in [2.05, 4.69) is 0 Å². The van der Waals surface area contributed by atoms with Gasteiger partial charge in [0.25, 0.3) is 0 Å². The number of rotatable bonds is 4. The van der Waals surface area contributed by atoms with Crippen LogP contribution in [0.15, 0.2) is 54.6 Å². The molecule has 1 heterocycles. The molecule has 0 spiro atoms. The Balaban J connectivity index is 1.95. The maximum Gasteiger partial charge on any atom is 0.166 e. The van der Waals surface area contributed by atoms with Crippen molar-refractivity contribution in [2.75, 3.05) is 6.61 Å². The van der Waals surface area contributed by atoms with E-state index < -0.39 is 0 Å². The molecule has 2 aromatic carbocycles.